The van der Waals surface area contributed by atoms with Gasteiger partial charge in [-0.15, -0.1) is 0 Å². The molecule has 2 heterocycles. The Balaban J connectivity index is 1.80. The number of nitrogens with one attached hydrogen (secondary N) is 1. The van der Waals surface area contributed by atoms with E-state index in [1.165, 1.54) is 0 Å². The maximum Gasteiger partial charge on any atom is 0.225 e. The Labute approximate surface area is 118 Å². The Bertz CT molecular complexity index is 464. The van der Waals surface area contributed by atoms with Crippen LogP contribution in [-0.2, 0) is 20.9 Å². The van der Waals surface area contributed by atoms with Crippen molar-refractivity contribution in [1.82, 2.24) is 15.2 Å². The van der Waals surface area contributed by atoms with Crippen LogP contribution in [0.3, 0.4) is 0 Å². The van der Waals surface area contributed by atoms with Crippen molar-refractivity contribution in [1.29, 1.82) is 0 Å². The third-order valence-electron chi connectivity index (χ3n) is 3.34. The van der Waals surface area contributed by atoms with Crippen LogP contribution in [0.15, 0.2) is 24.5 Å². The average Bonchev–Trinajstić information content (AvgIpc) is 2.85. The highest BCUT2D eigenvalue weighted by atomic mass is 16.5. The van der Waals surface area contributed by atoms with Gasteiger partial charge in [0.25, 0.3) is 0 Å². The number of hydrogen-bond acceptors (Lipinski definition) is 4. The standard InChI is InChI=1S/C14H19N3O3/c1-20-6-5-17-10-12(7-13(17)18)14(19)16-9-11-3-2-4-15-8-11/h2-4,8,12H,5-7,9-10H2,1H3,(H,16,19)/t12-/m1/s1. The number of carbonyl (C=O) groups is 2. The van der Waals surface area contributed by atoms with Gasteiger partial charge < -0.3 is 15.0 Å². The first-order chi connectivity index (χ1) is 9.70. The fourth-order valence-corrected chi connectivity index (χ4v) is 2.20. The van der Waals surface area contributed by atoms with E-state index in [2.05, 4.69) is 10.3 Å². The molecule has 1 aromatic heterocycles. The minimum absolute atomic E-state index is 0.0172. The highest BCUT2D eigenvalue weighted by Gasteiger charge is 2.33. The van der Waals surface area contributed by atoms with Gasteiger partial charge in [0, 0.05) is 45.6 Å². The molecule has 6 heteroatoms. The molecule has 108 valence electrons. The van der Waals surface area contributed by atoms with Gasteiger partial charge in [0.05, 0.1) is 12.5 Å². The van der Waals surface area contributed by atoms with Gasteiger partial charge in [-0.3, -0.25) is 14.6 Å². The number of carbonyl (C=O) groups excluding carboxylic acids is 2. The summed E-state index contributed by atoms with van der Waals surface area (Å²) in [5.41, 5.74) is 0.946. The molecule has 20 heavy (non-hydrogen) atoms. The molecular formula is C14H19N3O3. The summed E-state index contributed by atoms with van der Waals surface area (Å²) in [6.45, 7) is 1.95. The molecule has 0 bridgehead atoms. The third kappa shape index (κ3) is 3.77. The van der Waals surface area contributed by atoms with Crippen LogP contribution in [0.2, 0.25) is 0 Å². The summed E-state index contributed by atoms with van der Waals surface area (Å²) in [5.74, 6) is -0.332. The minimum atomic E-state index is -0.268. The van der Waals surface area contributed by atoms with Crippen molar-refractivity contribution in [2.24, 2.45) is 5.92 Å². The Kier molecular flexibility index (Phi) is 5.06. The fraction of sp³-hybridized carbons (Fsp3) is 0.500. The summed E-state index contributed by atoms with van der Waals surface area (Å²) in [7, 11) is 1.60. The van der Waals surface area contributed by atoms with E-state index in [0.717, 1.165) is 5.56 Å². The van der Waals surface area contributed by atoms with Gasteiger partial charge in [0.2, 0.25) is 11.8 Å². The van der Waals surface area contributed by atoms with Crippen molar-refractivity contribution in [2.45, 2.75) is 13.0 Å². The van der Waals surface area contributed by atoms with E-state index in [-0.39, 0.29) is 24.2 Å². The molecule has 1 atom stereocenters. The molecule has 2 amide bonds. The number of ether oxygens (including phenoxy) is 1. The molecular weight excluding hydrogens is 258 g/mol. The van der Waals surface area contributed by atoms with Gasteiger partial charge >= 0.3 is 0 Å². The Morgan fingerprint density at radius 2 is 2.45 bits per heavy atom. The number of rotatable bonds is 6. The first kappa shape index (κ1) is 14.5. The topological polar surface area (TPSA) is 71.5 Å². The molecule has 1 N–H and O–H groups in total. The molecule has 0 aromatic carbocycles. The lowest BCUT2D eigenvalue weighted by Gasteiger charge is -2.15. The first-order valence-corrected chi connectivity index (χ1v) is 6.64. The smallest absolute Gasteiger partial charge is 0.225 e. The number of methoxy groups -OCH3 is 1. The van der Waals surface area contributed by atoms with E-state index in [4.69, 9.17) is 4.74 Å². The molecule has 1 saturated heterocycles. The van der Waals surface area contributed by atoms with Crippen LogP contribution in [0.1, 0.15) is 12.0 Å². The van der Waals surface area contributed by atoms with Gasteiger partial charge in [-0.2, -0.15) is 0 Å². The first-order valence-electron chi connectivity index (χ1n) is 6.64. The summed E-state index contributed by atoms with van der Waals surface area (Å²) >= 11 is 0. The van der Waals surface area contributed by atoms with Crippen LogP contribution in [0, 0.1) is 5.92 Å². The molecule has 6 nitrogen and oxygen atoms in total. The zero-order valence-corrected chi connectivity index (χ0v) is 11.5. The normalized spacial score (nSPS) is 18.4. The Morgan fingerprint density at radius 3 is 3.15 bits per heavy atom. The second kappa shape index (κ2) is 7.00. The average molecular weight is 277 g/mol. The van der Waals surface area contributed by atoms with Gasteiger partial charge in [0.1, 0.15) is 0 Å². The second-order valence-corrected chi connectivity index (χ2v) is 4.81. The lowest BCUT2D eigenvalue weighted by molar-refractivity contribution is -0.129. The maximum atomic E-state index is 12.0. The van der Waals surface area contributed by atoms with Crippen LogP contribution in [-0.4, -0.2) is 48.5 Å². The Hall–Kier alpha value is -1.95. The van der Waals surface area contributed by atoms with E-state index < -0.39 is 0 Å². The summed E-state index contributed by atoms with van der Waals surface area (Å²) in [4.78, 5) is 29.5. The molecule has 0 aliphatic carbocycles. The summed E-state index contributed by atoms with van der Waals surface area (Å²) in [6, 6.07) is 3.73. The van der Waals surface area contributed by atoms with Crippen molar-refractivity contribution in [3.8, 4) is 0 Å². The SMILES string of the molecule is COCCN1C[C@H](C(=O)NCc2cccnc2)CC1=O. The van der Waals surface area contributed by atoms with Gasteiger partial charge in [-0.25, -0.2) is 0 Å². The molecule has 1 aromatic rings. The van der Waals surface area contributed by atoms with E-state index in [9.17, 15) is 9.59 Å². The summed E-state index contributed by atoms with van der Waals surface area (Å²) in [5, 5.41) is 2.85. The van der Waals surface area contributed by atoms with E-state index in [0.29, 0.717) is 26.2 Å². The van der Waals surface area contributed by atoms with Crippen LogP contribution in [0.4, 0.5) is 0 Å². The van der Waals surface area contributed by atoms with Crippen LogP contribution >= 0.6 is 0 Å². The highest BCUT2D eigenvalue weighted by molar-refractivity contribution is 5.89. The Morgan fingerprint density at radius 1 is 1.60 bits per heavy atom. The molecule has 2 rings (SSSR count). The molecule has 0 spiro atoms. The van der Waals surface area contributed by atoms with E-state index in [1.807, 2.05) is 12.1 Å². The predicted molar refractivity (Wildman–Crippen MR) is 72.6 cm³/mol. The van der Waals surface area contributed by atoms with Crippen LogP contribution < -0.4 is 5.32 Å². The molecule has 1 aliphatic rings. The van der Waals surface area contributed by atoms with Crippen molar-refractivity contribution in [2.75, 3.05) is 26.8 Å². The fourth-order valence-electron chi connectivity index (χ4n) is 2.20. The number of amides is 2. The number of likely N-dealkylation sites (tertiary alicyclic amines) is 1. The molecule has 0 radical (unpaired) electrons. The zero-order chi connectivity index (χ0) is 14.4. The predicted octanol–water partition coefficient (Wildman–Crippen LogP) is 0.193. The van der Waals surface area contributed by atoms with Crippen molar-refractivity contribution in [3.05, 3.63) is 30.1 Å². The molecule has 0 unspecified atom stereocenters. The molecule has 0 saturated carbocycles. The monoisotopic (exact) mass is 277 g/mol. The number of aromatic nitrogens is 1. The van der Waals surface area contributed by atoms with Crippen LogP contribution in [0.25, 0.3) is 0 Å². The zero-order valence-electron chi connectivity index (χ0n) is 11.5. The highest BCUT2D eigenvalue weighted by Crippen LogP contribution is 2.17. The number of nitrogens with zero attached hydrogens (tertiary/aromatic N) is 2. The van der Waals surface area contributed by atoms with Gasteiger partial charge in [-0.05, 0) is 11.6 Å². The third-order valence-corrected chi connectivity index (χ3v) is 3.34. The maximum absolute atomic E-state index is 12.0. The quantitative estimate of drug-likeness (QED) is 0.806. The minimum Gasteiger partial charge on any atom is -0.383 e. The van der Waals surface area contributed by atoms with Crippen LogP contribution in [0.5, 0.6) is 0 Å². The van der Waals surface area contributed by atoms with Gasteiger partial charge in [-0.1, -0.05) is 6.07 Å². The number of hydrogen-bond donors (Lipinski definition) is 1. The lowest BCUT2D eigenvalue weighted by atomic mass is 10.1. The largest absolute Gasteiger partial charge is 0.383 e. The van der Waals surface area contributed by atoms with Crippen molar-refractivity contribution in [3.63, 3.8) is 0 Å². The summed E-state index contributed by atoms with van der Waals surface area (Å²) < 4.78 is 4.95. The van der Waals surface area contributed by atoms with Crippen molar-refractivity contribution >= 4 is 11.8 Å². The van der Waals surface area contributed by atoms with E-state index >= 15 is 0 Å². The molecule has 1 aliphatic heterocycles. The lowest BCUT2D eigenvalue weighted by Crippen LogP contribution is -2.33. The van der Waals surface area contributed by atoms with Crippen molar-refractivity contribution < 1.29 is 14.3 Å². The van der Waals surface area contributed by atoms with Gasteiger partial charge in [0.15, 0.2) is 0 Å². The van der Waals surface area contributed by atoms with E-state index in [1.54, 1.807) is 24.4 Å². The summed E-state index contributed by atoms with van der Waals surface area (Å²) in [6.07, 6.45) is 3.68. The molecule has 1 fully saturated rings. The second-order valence-electron chi connectivity index (χ2n) is 4.81. The number of pyridine rings is 1.